The molecule has 6 aromatic carbocycles. The molecule has 0 saturated heterocycles. The van der Waals surface area contributed by atoms with Crippen molar-refractivity contribution >= 4 is 38.1 Å². The normalized spacial score (nSPS) is 13.3. The quantitative estimate of drug-likeness (QED) is 0.0776. The van der Waals surface area contributed by atoms with Crippen molar-refractivity contribution in [2.75, 3.05) is 14.2 Å². The Morgan fingerprint density at radius 3 is 1.83 bits per heavy atom. The van der Waals surface area contributed by atoms with Gasteiger partial charge in [-0.25, -0.2) is 0 Å². The maximum atomic E-state index is 14.3. The van der Waals surface area contributed by atoms with Crippen molar-refractivity contribution in [1.29, 1.82) is 0 Å². The Labute approximate surface area is 303 Å². The number of aliphatic hydroxyl groups excluding tert-OH is 1. The van der Waals surface area contributed by atoms with Crippen molar-refractivity contribution in [2.45, 2.75) is 38.2 Å². The van der Waals surface area contributed by atoms with Gasteiger partial charge in [0.15, 0.2) is 23.0 Å². The first kappa shape index (κ1) is 34.6. The van der Waals surface area contributed by atoms with Crippen molar-refractivity contribution < 1.29 is 29.6 Å². The number of aliphatic hydroxyl groups is 1. The Bertz CT molecular complexity index is 2350. The van der Waals surface area contributed by atoms with Crippen molar-refractivity contribution in [3.8, 4) is 23.0 Å². The molecule has 1 aromatic heterocycles. The highest BCUT2D eigenvalue weighted by atomic mass is 16.5. The van der Waals surface area contributed by atoms with Crippen LogP contribution in [0, 0.1) is 11.8 Å². The van der Waals surface area contributed by atoms with Gasteiger partial charge in [0.2, 0.25) is 0 Å². The number of aromatic hydroxyl groups is 2. The molecule has 3 unspecified atom stereocenters. The largest absolute Gasteiger partial charge is 0.670 e. The summed E-state index contributed by atoms with van der Waals surface area (Å²) in [6.07, 6.45) is 4.45. The fourth-order valence-corrected chi connectivity index (χ4v) is 7.43. The molecule has 3 N–H and O–H groups in total. The van der Waals surface area contributed by atoms with Gasteiger partial charge in [0.1, 0.15) is 5.78 Å². The van der Waals surface area contributed by atoms with E-state index in [2.05, 4.69) is 71.7 Å². The molecule has 0 bridgehead atoms. The summed E-state index contributed by atoms with van der Waals surface area (Å²) in [6.45, 7) is 0. The number of ketones is 1. The van der Waals surface area contributed by atoms with E-state index in [-0.39, 0.29) is 29.6 Å². The van der Waals surface area contributed by atoms with E-state index in [1.807, 2.05) is 18.2 Å². The van der Waals surface area contributed by atoms with Crippen LogP contribution in [0.25, 0.3) is 32.3 Å². The third kappa shape index (κ3) is 7.60. The van der Waals surface area contributed by atoms with E-state index in [9.17, 15) is 20.1 Å². The van der Waals surface area contributed by atoms with Gasteiger partial charge in [-0.2, -0.15) is 12.4 Å². The number of rotatable bonds is 14. The van der Waals surface area contributed by atoms with Crippen LogP contribution in [0.15, 0.2) is 122 Å². The highest BCUT2D eigenvalue weighted by molar-refractivity contribution is 6.12. The Kier molecular flexibility index (Phi) is 10.1. The number of hydrogen-bond donors (Lipinski definition) is 3. The lowest BCUT2D eigenvalue weighted by molar-refractivity contribution is -0.125. The van der Waals surface area contributed by atoms with Gasteiger partial charge in [-0.3, -0.25) is 4.79 Å². The molecule has 1 heterocycles. The minimum Gasteiger partial charge on any atom is -0.670 e. The van der Waals surface area contributed by atoms with Crippen LogP contribution in [-0.2, 0) is 30.5 Å². The van der Waals surface area contributed by atoms with Crippen molar-refractivity contribution in [2.24, 2.45) is 11.8 Å². The molecule has 7 rings (SSSR count). The van der Waals surface area contributed by atoms with Crippen LogP contribution in [-0.4, -0.2) is 41.4 Å². The van der Waals surface area contributed by atoms with E-state index in [1.165, 1.54) is 35.8 Å². The second-order valence-electron chi connectivity index (χ2n) is 13.7. The Hall–Kier alpha value is -5.79. The third-order valence-electron chi connectivity index (χ3n) is 10.2. The van der Waals surface area contributed by atoms with Crippen LogP contribution >= 0.6 is 0 Å². The van der Waals surface area contributed by atoms with E-state index < -0.39 is 12.0 Å². The van der Waals surface area contributed by atoms with Crippen LogP contribution in [0.3, 0.4) is 0 Å². The molecule has 0 amide bonds. The maximum Gasteiger partial charge on any atom is 0.160 e. The summed E-state index contributed by atoms with van der Waals surface area (Å²) >= 11 is 0. The molecule has 264 valence electrons. The van der Waals surface area contributed by atoms with Crippen LogP contribution in [0.1, 0.15) is 28.7 Å². The van der Waals surface area contributed by atoms with Crippen molar-refractivity contribution in [3.63, 3.8) is 0 Å². The van der Waals surface area contributed by atoms with Crippen molar-refractivity contribution in [1.82, 2.24) is 4.98 Å². The number of carbonyl (C=O) groups excluding carboxylic acids is 1. The molecule has 0 saturated carbocycles. The number of phenols is 2. The lowest BCUT2D eigenvalue weighted by Crippen LogP contribution is -2.31. The number of methoxy groups -OCH3 is 2. The monoisotopic (exact) mass is 692 g/mol. The number of phenolic OH excluding ortho intramolecular Hbond substituents is 2. The average Bonchev–Trinajstić information content (AvgIpc) is 3.68. The first-order valence-electron chi connectivity index (χ1n) is 17.6. The predicted molar refractivity (Wildman–Crippen MR) is 205 cm³/mol. The van der Waals surface area contributed by atoms with Crippen LogP contribution < -0.4 is 14.5 Å². The van der Waals surface area contributed by atoms with Crippen LogP contribution in [0.4, 0.5) is 0 Å². The highest BCUT2D eigenvalue weighted by Gasteiger charge is 2.28. The maximum absolute atomic E-state index is 14.3. The molecule has 0 aliphatic rings. The van der Waals surface area contributed by atoms with E-state index in [1.54, 1.807) is 36.7 Å². The molecule has 0 aliphatic heterocycles. The van der Waals surface area contributed by atoms with Gasteiger partial charge >= 0.3 is 0 Å². The molecule has 0 spiro atoms. The smallest absolute Gasteiger partial charge is 0.160 e. The SMILES string of the molecule is COc1cc(CC(Cc2ccc3c(ccc4cc5ccccc5cc43)c2)C(=O)CC(O)C(Cc2cc[n-]c2)Cc2ccc(O)c(OC)c2)ccc1O. The number of carbonyl (C=O) groups is 1. The van der Waals surface area contributed by atoms with Crippen LogP contribution in [0.5, 0.6) is 23.0 Å². The zero-order chi connectivity index (χ0) is 36.2. The van der Waals surface area contributed by atoms with E-state index in [0.717, 1.165) is 33.0 Å². The van der Waals surface area contributed by atoms with Gasteiger partial charge < -0.3 is 29.8 Å². The van der Waals surface area contributed by atoms with Gasteiger partial charge in [0, 0.05) is 12.3 Å². The summed E-state index contributed by atoms with van der Waals surface area (Å²) in [4.78, 5) is 18.6. The summed E-state index contributed by atoms with van der Waals surface area (Å²) in [7, 11) is 3.01. The lowest BCUT2D eigenvalue weighted by atomic mass is 9.82. The molecular weight excluding hydrogens is 650 g/mol. The summed E-state index contributed by atoms with van der Waals surface area (Å²) in [5, 5.41) is 39.2. The minimum absolute atomic E-state index is 0.0286. The number of hydrogen-bond acceptors (Lipinski definition) is 6. The molecule has 0 fully saturated rings. The second kappa shape index (κ2) is 15.2. The first-order valence-corrected chi connectivity index (χ1v) is 17.6. The Balaban J connectivity index is 1.18. The minimum atomic E-state index is -0.933. The number of nitrogens with zero attached hydrogens (tertiary/aromatic N) is 1. The van der Waals surface area contributed by atoms with Gasteiger partial charge in [0.25, 0.3) is 0 Å². The highest BCUT2D eigenvalue weighted by Crippen LogP contribution is 2.33. The number of ether oxygens (including phenoxy) is 2. The molecule has 52 heavy (non-hydrogen) atoms. The lowest BCUT2D eigenvalue weighted by Gasteiger charge is -2.25. The topological polar surface area (TPSA) is 110 Å². The van der Waals surface area contributed by atoms with Gasteiger partial charge in [-0.15, -0.1) is 0 Å². The number of Topliss-reactive ketones (excluding diaryl/α,β-unsaturated/α-hetero) is 1. The zero-order valence-electron chi connectivity index (χ0n) is 29.3. The summed E-state index contributed by atoms with van der Waals surface area (Å²) in [6, 6.07) is 35.8. The van der Waals surface area contributed by atoms with Crippen LogP contribution in [0.2, 0.25) is 0 Å². The third-order valence-corrected chi connectivity index (χ3v) is 10.2. The summed E-state index contributed by atoms with van der Waals surface area (Å²) in [5.74, 6) is 0.0122. The molecular formula is C45H42NO6-. The molecule has 0 aliphatic carbocycles. The number of benzene rings is 6. The average molecular weight is 693 g/mol. The summed E-state index contributed by atoms with van der Waals surface area (Å²) in [5.41, 5.74) is 3.75. The van der Waals surface area contributed by atoms with E-state index >= 15 is 0 Å². The van der Waals surface area contributed by atoms with Crippen molar-refractivity contribution in [3.05, 3.63) is 144 Å². The molecule has 7 aromatic rings. The summed E-state index contributed by atoms with van der Waals surface area (Å²) < 4.78 is 10.7. The molecule has 0 radical (unpaired) electrons. The standard InChI is InChI=1S/C45H42NO6/c1-51-44-22-29(8-13-40(44)47)19-36(18-28-7-12-38-34(17-28)10-11-35-24-32-5-3-4-6-33(32)25-39(35)38)42(49)26-43(50)37(21-31-15-16-46-27-31)20-30-9-14-41(48)45(23-30)52-2/h3-17,22-25,27,36-37,43,47-48,50H,18-21,26H2,1-2H3/q-1. The fraction of sp³-hybridized carbons (Fsp3) is 0.222. The van der Waals surface area contributed by atoms with Gasteiger partial charge in [-0.05, 0) is 117 Å². The Morgan fingerprint density at radius 1 is 0.615 bits per heavy atom. The van der Waals surface area contributed by atoms with Gasteiger partial charge in [0.05, 0.1) is 20.3 Å². The predicted octanol–water partition coefficient (Wildman–Crippen LogP) is 8.35. The number of fused-ring (bicyclic) bond motifs is 4. The number of aromatic nitrogens is 1. The Morgan fingerprint density at radius 2 is 1.19 bits per heavy atom. The second-order valence-corrected chi connectivity index (χ2v) is 13.7. The zero-order valence-corrected chi connectivity index (χ0v) is 29.3. The fourth-order valence-electron chi connectivity index (χ4n) is 7.43. The van der Waals surface area contributed by atoms with E-state index in [0.29, 0.717) is 37.2 Å². The molecule has 7 nitrogen and oxygen atoms in total. The van der Waals surface area contributed by atoms with Gasteiger partial charge in [-0.1, -0.05) is 78.4 Å². The molecule has 7 heteroatoms. The first-order chi connectivity index (χ1) is 25.3. The molecule has 3 atom stereocenters. The van der Waals surface area contributed by atoms with E-state index in [4.69, 9.17) is 9.47 Å².